The molecule has 1 aliphatic heterocycles. The summed E-state index contributed by atoms with van der Waals surface area (Å²) in [5, 5.41) is 3.51. The minimum absolute atomic E-state index is 0.997. The van der Waals surface area contributed by atoms with Crippen LogP contribution in [0.25, 0.3) is 0 Å². The average Bonchev–Trinajstić information content (AvgIpc) is 2.75. The summed E-state index contributed by atoms with van der Waals surface area (Å²) >= 11 is 0. The minimum atomic E-state index is 0.997. The third-order valence-corrected chi connectivity index (χ3v) is 4.19. The Labute approximate surface area is 127 Å². The van der Waals surface area contributed by atoms with Gasteiger partial charge in [-0.25, -0.2) is 0 Å². The van der Waals surface area contributed by atoms with E-state index in [0.717, 1.165) is 26.2 Å². The predicted molar refractivity (Wildman–Crippen MR) is 89.7 cm³/mol. The Hall–Kier alpha value is -1.80. The third-order valence-electron chi connectivity index (χ3n) is 4.19. The maximum absolute atomic E-state index is 3.51. The van der Waals surface area contributed by atoms with E-state index >= 15 is 0 Å². The van der Waals surface area contributed by atoms with Crippen molar-refractivity contribution in [2.45, 2.75) is 25.8 Å². The number of fused-ring (bicyclic) bond motifs is 1. The molecule has 0 bridgehead atoms. The summed E-state index contributed by atoms with van der Waals surface area (Å²) in [6, 6.07) is 19.6. The molecular weight excluding hydrogens is 256 g/mol. The molecule has 0 radical (unpaired) electrons. The number of aryl methyl sites for hydroxylation is 1. The SMILES string of the molecule is c1ccc(CCCCN2CCNCc3ccccc32)cc1. The van der Waals surface area contributed by atoms with Gasteiger partial charge >= 0.3 is 0 Å². The highest BCUT2D eigenvalue weighted by atomic mass is 15.2. The number of anilines is 1. The normalized spacial score (nSPS) is 14.6. The second kappa shape index (κ2) is 7.28. The van der Waals surface area contributed by atoms with Gasteiger partial charge in [-0.3, -0.25) is 0 Å². The van der Waals surface area contributed by atoms with Crippen LogP contribution in [0, 0.1) is 0 Å². The summed E-state index contributed by atoms with van der Waals surface area (Å²) in [4.78, 5) is 2.54. The number of hydrogen-bond acceptors (Lipinski definition) is 2. The zero-order chi connectivity index (χ0) is 14.3. The Balaban J connectivity index is 1.53. The second-order valence-corrected chi connectivity index (χ2v) is 5.74. The van der Waals surface area contributed by atoms with Crippen molar-refractivity contribution in [3.63, 3.8) is 0 Å². The summed E-state index contributed by atoms with van der Waals surface area (Å²) in [5.41, 5.74) is 4.30. The van der Waals surface area contributed by atoms with E-state index in [4.69, 9.17) is 0 Å². The van der Waals surface area contributed by atoms with Gasteiger partial charge in [-0.1, -0.05) is 48.5 Å². The number of hydrogen-bond donors (Lipinski definition) is 1. The molecule has 1 N–H and O–H groups in total. The van der Waals surface area contributed by atoms with Crippen LogP contribution < -0.4 is 10.2 Å². The number of nitrogens with zero attached hydrogens (tertiary/aromatic N) is 1. The molecule has 2 aromatic carbocycles. The Morgan fingerprint density at radius 2 is 1.71 bits per heavy atom. The van der Waals surface area contributed by atoms with Gasteiger partial charge in [0.25, 0.3) is 0 Å². The monoisotopic (exact) mass is 280 g/mol. The van der Waals surface area contributed by atoms with Gasteiger partial charge in [0.15, 0.2) is 0 Å². The van der Waals surface area contributed by atoms with Crippen molar-refractivity contribution in [3.05, 3.63) is 65.7 Å². The number of nitrogens with one attached hydrogen (secondary N) is 1. The molecule has 21 heavy (non-hydrogen) atoms. The molecule has 3 rings (SSSR count). The maximum Gasteiger partial charge on any atom is 0.0412 e. The number of benzene rings is 2. The second-order valence-electron chi connectivity index (χ2n) is 5.74. The smallest absolute Gasteiger partial charge is 0.0412 e. The number of para-hydroxylation sites is 1. The van der Waals surface area contributed by atoms with Crippen LogP contribution in [0.3, 0.4) is 0 Å². The van der Waals surface area contributed by atoms with Crippen LogP contribution in [0.2, 0.25) is 0 Å². The molecule has 1 aliphatic rings. The minimum Gasteiger partial charge on any atom is -0.370 e. The molecule has 0 saturated carbocycles. The van der Waals surface area contributed by atoms with Crippen LogP contribution in [0.1, 0.15) is 24.0 Å². The van der Waals surface area contributed by atoms with Crippen LogP contribution in [0.15, 0.2) is 54.6 Å². The highest BCUT2D eigenvalue weighted by Gasteiger charge is 2.13. The maximum atomic E-state index is 3.51. The zero-order valence-electron chi connectivity index (χ0n) is 12.6. The lowest BCUT2D eigenvalue weighted by molar-refractivity contribution is 0.657. The Morgan fingerprint density at radius 1 is 0.905 bits per heavy atom. The van der Waals surface area contributed by atoms with Crippen molar-refractivity contribution >= 4 is 5.69 Å². The third kappa shape index (κ3) is 3.85. The first kappa shape index (κ1) is 14.2. The molecular formula is C19H24N2. The summed E-state index contributed by atoms with van der Waals surface area (Å²) in [6.07, 6.45) is 3.70. The standard InChI is InChI=1S/C19H24N2/c1-2-8-17(9-3-1)10-6-7-14-21-15-13-20-16-18-11-4-5-12-19(18)21/h1-5,8-9,11-12,20H,6-7,10,13-16H2. The molecule has 0 amide bonds. The van der Waals surface area contributed by atoms with Gasteiger partial charge < -0.3 is 10.2 Å². The van der Waals surface area contributed by atoms with Gasteiger partial charge in [0, 0.05) is 31.9 Å². The Bertz CT molecular complexity index is 551. The van der Waals surface area contributed by atoms with Crippen LogP contribution in [-0.4, -0.2) is 19.6 Å². The molecule has 0 unspecified atom stereocenters. The molecule has 0 aromatic heterocycles. The Morgan fingerprint density at radius 3 is 2.62 bits per heavy atom. The van der Waals surface area contributed by atoms with Crippen molar-refractivity contribution in [3.8, 4) is 0 Å². The lowest BCUT2D eigenvalue weighted by atomic mass is 10.1. The van der Waals surface area contributed by atoms with E-state index in [1.165, 1.54) is 36.1 Å². The quantitative estimate of drug-likeness (QED) is 0.842. The first-order chi connectivity index (χ1) is 10.4. The largest absolute Gasteiger partial charge is 0.370 e. The van der Waals surface area contributed by atoms with E-state index in [1.54, 1.807) is 0 Å². The van der Waals surface area contributed by atoms with Crippen molar-refractivity contribution in [1.82, 2.24) is 5.32 Å². The summed E-state index contributed by atoms with van der Waals surface area (Å²) in [5.74, 6) is 0. The van der Waals surface area contributed by atoms with E-state index in [1.807, 2.05) is 0 Å². The van der Waals surface area contributed by atoms with Gasteiger partial charge in [-0.2, -0.15) is 0 Å². The van der Waals surface area contributed by atoms with Crippen molar-refractivity contribution in [1.29, 1.82) is 0 Å². The van der Waals surface area contributed by atoms with Crippen LogP contribution in [0.5, 0.6) is 0 Å². The molecule has 0 saturated heterocycles. The molecule has 110 valence electrons. The topological polar surface area (TPSA) is 15.3 Å². The van der Waals surface area contributed by atoms with Crippen molar-refractivity contribution < 1.29 is 0 Å². The highest BCUT2D eigenvalue weighted by molar-refractivity contribution is 5.54. The molecule has 0 fully saturated rings. The molecule has 2 aromatic rings. The van der Waals surface area contributed by atoms with E-state index < -0.39 is 0 Å². The number of rotatable bonds is 5. The van der Waals surface area contributed by atoms with Crippen molar-refractivity contribution in [2.75, 3.05) is 24.5 Å². The molecule has 0 aliphatic carbocycles. The van der Waals surface area contributed by atoms with Gasteiger partial charge in [0.1, 0.15) is 0 Å². The average molecular weight is 280 g/mol. The van der Waals surface area contributed by atoms with Gasteiger partial charge in [-0.05, 0) is 36.5 Å². The zero-order valence-corrected chi connectivity index (χ0v) is 12.6. The van der Waals surface area contributed by atoms with Crippen LogP contribution in [0.4, 0.5) is 5.69 Å². The summed E-state index contributed by atoms with van der Waals surface area (Å²) in [7, 11) is 0. The van der Waals surface area contributed by atoms with Gasteiger partial charge in [0.05, 0.1) is 0 Å². The molecule has 1 heterocycles. The van der Waals surface area contributed by atoms with E-state index in [-0.39, 0.29) is 0 Å². The lowest BCUT2D eigenvalue weighted by Crippen LogP contribution is -2.29. The highest BCUT2D eigenvalue weighted by Crippen LogP contribution is 2.22. The number of unbranched alkanes of at least 4 members (excludes halogenated alkanes) is 1. The predicted octanol–water partition coefficient (Wildman–Crippen LogP) is 3.62. The first-order valence-electron chi connectivity index (χ1n) is 8.01. The van der Waals surface area contributed by atoms with E-state index in [0.29, 0.717) is 0 Å². The molecule has 0 spiro atoms. The summed E-state index contributed by atoms with van der Waals surface area (Å²) in [6.45, 7) is 4.35. The molecule has 0 atom stereocenters. The first-order valence-corrected chi connectivity index (χ1v) is 8.01. The Kier molecular flexibility index (Phi) is 4.90. The van der Waals surface area contributed by atoms with E-state index in [9.17, 15) is 0 Å². The van der Waals surface area contributed by atoms with Crippen LogP contribution >= 0.6 is 0 Å². The van der Waals surface area contributed by atoms with Crippen LogP contribution in [-0.2, 0) is 13.0 Å². The fourth-order valence-corrected chi connectivity index (χ4v) is 3.04. The fourth-order valence-electron chi connectivity index (χ4n) is 3.04. The molecule has 2 heteroatoms. The fraction of sp³-hybridized carbons (Fsp3) is 0.368. The van der Waals surface area contributed by atoms with E-state index in [2.05, 4.69) is 64.8 Å². The summed E-state index contributed by atoms with van der Waals surface area (Å²) < 4.78 is 0. The lowest BCUT2D eigenvalue weighted by Gasteiger charge is -2.24. The van der Waals surface area contributed by atoms with Crippen molar-refractivity contribution in [2.24, 2.45) is 0 Å². The molecule has 2 nitrogen and oxygen atoms in total. The van der Waals surface area contributed by atoms with Gasteiger partial charge in [0.2, 0.25) is 0 Å². The van der Waals surface area contributed by atoms with Gasteiger partial charge in [-0.15, -0.1) is 0 Å².